The normalized spacial score (nSPS) is 20.3. The van der Waals surface area contributed by atoms with E-state index >= 15 is 0 Å². The molecule has 5 N–H and O–H groups in total. The van der Waals surface area contributed by atoms with E-state index in [9.17, 15) is 24.3 Å². The molecule has 0 saturated carbocycles. The van der Waals surface area contributed by atoms with Crippen molar-refractivity contribution in [2.24, 2.45) is 17.8 Å². The summed E-state index contributed by atoms with van der Waals surface area (Å²) in [5, 5.41) is 16.5. The number of carbonyl (C=O) groups is 4. The molecule has 6 atom stereocenters. The average molecular weight is 862 g/mol. The van der Waals surface area contributed by atoms with Gasteiger partial charge < -0.3 is 45.0 Å². The van der Waals surface area contributed by atoms with Gasteiger partial charge in [-0.2, -0.15) is 0 Å². The van der Waals surface area contributed by atoms with Gasteiger partial charge in [0.2, 0.25) is 11.8 Å². The predicted octanol–water partition coefficient (Wildman–Crippen LogP) is 8.92. The highest BCUT2D eigenvalue weighted by molar-refractivity contribution is 6.07. The summed E-state index contributed by atoms with van der Waals surface area (Å²) in [5.74, 6) is 3.08. The molecular weight excluding hydrogens is 801 g/mol. The third-order valence-electron chi connectivity index (χ3n) is 12.2. The monoisotopic (exact) mass is 861 g/mol. The van der Waals surface area contributed by atoms with Crippen LogP contribution in [0, 0.1) is 23.7 Å². The minimum absolute atomic E-state index is 0.0661. The first kappa shape index (κ1) is 44.9. The highest BCUT2D eigenvalue weighted by Crippen LogP contribution is 2.44. The topological polar surface area (TPSA) is 195 Å². The Morgan fingerprint density at radius 3 is 2.27 bits per heavy atom. The number of carboxylic acid groups (broad SMARTS) is 1. The maximum absolute atomic E-state index is 13.8. The van der Waals surface area contributed by atoms with Crippen molar-refractivity contribution >= 4 is 45.8 Å². The van der Waals surface area contributed by atoms with Crippen LogP contribution in [0.4, 0.5) is 9.59 Å². The molecule has 2 saturated heterocycles. The van der Waals surface area contributed by atoms with Gasteiger partial charge in [0.1, 0.15) is 36.1 Å². The molecule has 5 heterocycles. The van der Waals surface area contributed by atoms with Gasteiger partial charge in [-0.1, -0.05) is 73.6 Å². The minimum Gasteiger partial charge on any atom is -0.488 e. The summed E-state index contributed by atoms with van der Waals surface area (Å²) in [6.07, 6.45) is 2.20. The first-order valence-corrected chi connectivity index (χ1v) is 22.0. The van der Waals surface area contributed by atoms with Crippen molar-refractivity contribution in [2.45, 2.75) is 118 Å². The van der Waals surface area contributed by atoms with Crippen molar-refractivity contribution in [2.75, 3.05) is 13.7 Å². The Hall–Kier alpha value is -6.12. The summed E-state index contributed by atoms with van der Waals surface area (Å²) in [4.78, 5) is 71.6. The van der Waals surface area contributed by atoms with E-state index in [1.54, 1.807) is 11.1 Å². The van der Waals surface area contributed by atoms with Gasteiger partial charge in [0, 0.05) is 23.5 Å². The molecule has 4 amide bonds. The van der Waals surface area contributed by atoms with Gasteiger partial charge in [0.25, 0.3) is 0 Å². The van der Waals surface area contributed by atoms with Gasteiger partial charge in [0.05, 0.1) is 42.1 Å². The molecule has 63 heavy (non-hydrogen) atoms. The Kier molecular flexibility index (Phi) is 13.1. The number of fused-ring (bicyclic) bond motifs is 6. The van der Waals surface area contributed by atoms with Gasteiger partial charge in [-0.05, 0) is 96.2 Å². The third-order valence-corrected chi connectivity index (χ3v) is 12.2. The second-order valence-electron chi connectivity index (χ2n) is 18.6. The molecule has 0 spiro atoms. The molecule has 0 bridgehead atoms. The van der Waals surface area contributed by atoms with E-state index in [1.807, 2.05) is 45.6 Å². The number of aromatic amines is 2. The van der Waals surface area contributed by atoms with Crippen LogP contribution in [-0.4, -0.2) is 90.6 Å². The van der Waals surface area contributed by atoms with Crippen molar-refractivity contribution in [3.63, 3.8) is 0 Å². The Labute approximate surface area is 368 Å². The van der Waals surface area contributed by atoms with Crippen molar-refractivity contribution in [1.82, 2.24) is 40.4 Å². The van der Waals surface area contributed by atoms with Gasteiger partial charge in [-0.3, -0.25) is 9.59 Å². The second-order valence-corrected chi connectivity index (χ2v) is 18.6. The molecule has 2 fully saturated rings. The lowest BCUT2D eigenvalue weighted by Gasteiger charge is -2.32. The van der Waals surface area contributed by atoms with Crippen LogP contribution in [0.25, 0.3) is 44.2 Å². The van der Waals surface area contributed by atoms with Gasteiger partial charge in [-0.15, -0.1) is 0 Å². The number of methoxy groups -OCH3 is 1. The van der Waals surface area contributed by atoms with E-state index in [4.69, 9.17) is 19.4 Å². The lowest BCUT2D eigenvalue weighted by atomic mass is 9.92. The zero-order valence-electron chi connectivity index (χ0n) is 38.0. The highest BCUT2D eigenvalue weighted by Gasteiger charge is 2.42. The Balaban J connectivity index is 0.00000143. The van der Waals surface area contributed by atoms with E-state index in [2.05, 4.69) is 84.7 Å². The Morgan fingerprint density at radius 1 is 0.873 bits per heavy atom. The number of benzene rings is 3. The number of hydrogen-bond donors (Lipinski definition) is 5. The number of nitrogens with one attached hydrogen (secondary N) is 4. The molecule has 5 aromatic rings. The molecule has 3 aromatic carbocycles. The molecule has 15 nitrogen and oxygen atoms in total. The number of likely N-dealkylation sites (tertiary alicyclic amines) is 2. The molecule has 2 aromatic heterocycles. The minimum atomic E-state index is -1.22. The number of hydrogen-bond acceptors (Lipinski definition) is 8. The number of aromatic nitrogens is 4. The number of imidazole rings is 2. The smallest absolute Gasteiger partial charge is 0.407 e. The highest BCUT2D eigenvalue weighted by atomic mass is 16.5. The maximum atomic E-state index is 13.8. The second kappa shape index (κ2) is 18.3. The fraction of sp³-hybridized carbons (Fsp3) is 0.479. The molecule has 8 rings (SSSR count). The Bertz CT molecular complexity index is 2510. The van der Waals surface area contributed by atoms with Gasteiger partial charge >= 0.3 is 12.2 Å². The van der Waals surface area contributed by atoms with Crippen LogP contribution >= 0.6 is 0 Å². The van der Waals surface area contributed by atoms with Crippen molar-refractivity contribution in [1.29, 1.82) is 0 Å². The van der Waals surface area contributed by atoms with Crippen molar-refractivity contribution in [3.8, 4) is 28.1 Å². The van der Waals surface area contributed by atoms with Crippen LogP contribution in [0.15, 0.2) is 48.7 Å². The van der Waals surface area contributed by atoms with Crippen LogP contribution in [0.3, 0.4) is 0 Å². The first-order valence-electron chi connectivity index (χ1n) is 22.0. The number of H-pyrrole nitrogens is 2. The molecule has 0 unspecified atom stereocenters. The van der Waals surface area contributed by atoms with Gasteiger partial charge in [-0.25, -0.2) is 19.6 Å². The number of amides is 4. The average Bonchev–Trinajstić information content (AvgIpc) is 4.05. The summed E-state index contributed by atoms with van der Waals surface area (Å²) >= 11 is 0. The van der Waals surface area contributed by atoms with Gasteiger partial charge in [0.15, 0.2) is 0 Å². The van der Waals surface area contributed by atoms with Crippen LogP contribution < -0.4 is 15.4 Å². The van der Waals surface area contributed by atoms with E-state index in [-0.39, 0.29) is 47.7 Å². The number of carbonyl (C=O) groups excluding carboxylic acids is 3. The van der Waals surface area contributed by atoms with Crippen molar-refractivity contribution in [3.05, 3.63) is 71.8 Å². The fourth-order valence-electron chi connectivity index (χ4n) is 9.15. The van der Waals surface area contributed by atoms with Crippen LogP contribution in [-0.2, 0) is 20.9 Å². The molecular formula is C48H61N8O7. The summed E-state index contributed by atoms with van der Waals surface area (Å²) < 4.78 is 11.2. The third kappa shape index (κ3) is 9.19. The number of alkyl carbamates (subject to hydrolysis) is 1. The largest absolute Gasteiger partial charge is 0.488 e. The molecule has 15 heteroatoms. The quantitative estimate of drug-likeness (QED) is 0.0962. The van der Waals surface area contributed by atoms with E-state index in [1.165, 1.54) is 13.0 Å². The van der Waals surface area contributed by atoms with E-state index < -0.39 is 24.3 Å². The van der Waals surface area contributed by atoms with E-state index in [0.29, 0.717) is 31.2 Å². The number of nitrogens with zero attached hydrogens (tertiary/aromatic N) is 4. The number of rotatable bonds is 9. The van der Waals surface area contributed by atoms with Crippen LogP contribution in [0.5, 0.6) is 5.75 Å². The van der Waals surface area contributed by atoms with Crippen LogP contribution in [0.1, 0.15) is 111 Å². The van der Waals surface area contributed by atoms with Crippen LogP contribution in [0.2, 0.25) is 0 Å². The Morgan fingerprint density at radius 2 is 1.59 bits per heavy atom. The number of ether oxygens (including phenoxy) is 2. The zero-order valence-corrected chi connectivity index (χ0v) is 38.0. The first-order chi connectivity index (χ1) is 29.9. The molecule has 1 radical (unpaired) electrons. The maximum Gasteiger partial charge on any atom is 0.407 e. The van der Waals surface area contributed by atoms with E-state index in [0.717, 1.165) is 68.3 Å². The summed E-state index contributed by atoms with van der Waals surface area (Å²) in [7, 11) is 1.29. The lowest BCUT2D eigenvalue weighted by Crippen LogP contribution is -2.52. The predicted molar refractivity (Wildman–Crippen MR) is 242 cm³/mol. The summed E-state index contributed by atoms with van der Waals surface area (Å²) in [6.45, 7) is 18.8. The molecule has 0 aliphatic carbocycles. The summed E-state index contributed by atoms with van der Waals surface area (Å²) in [6, 6.07) is 12.3. The SMILES string of the molecule is COC(=O)N[C@H](C(=O)N1C[C@@H](C)C[C@H]1c1ncc(-c2ccc3c(c2)COc2cc4c(ccc5nc([C@@H]6CC[C@H](C)N6C(=O)[C@@H](NC(=O)O)C(C)C)[nH]c54)cc2-3)[nH]1)C(C)C.C[C](C)C. The van der Waals surface area contributed by atoms with Crippen molar-refractivity contribution < 1.29 is 33.8 Å². The molecule has 3 aliphatic heterocycles. The lowest BCUT2D eigenvalue weighted by molar-refractivity contribution is -0.137. The summed E-state index contributed by atoms with van der Waals surface area (Å²) in [5.41, 5.74) is 6.51. The molecule has 335 valence electrons. The molecule has 3 aliphatic rings. The zero-order chi connectivity index (χ0) is 45.4. The fourth-order valence-corrected chi connectivity index (χ4v) is 9.15. The standard InChI is InChI=1S/C44H52N8O7.C4H9/c1-21(2)36(50-44(57)58-7)41(53)51-19-23(5)14-34(51)39-45-18-32(47-39)26-9-11-28-27(15-26)20-59-35-17-29-25(16-30(28)35)10-12-31-38(29)48-40(46-31)33-13-8-24(6)52(33)42(54)37(22(3)4)49-43(55)56;1-4(2)3/h9-12,15-18,21-24,33-34,36-37,49H,8,13-14,19-20H2,1-7H3,(H,45,47)(H,46,48)(H,50,57)(H,55,56);1-3H3/t23-,24-,33-,34-,36-,37-;/m0./s1.